The highest BCUT2D eigenvalue weighted by Gasteiger charge is 2.23. The number of carbonyl (C=O) groups excluding carboxylic acids is 1. The summed E-state index contributed by atoms with van der Waals surface area (Å²) in [7, 11) is 1.72. The lowest BCUT2D eigenvalue weighted by Gasteiger charge is -2.32. The Bertz CT molecular complexity index is 550. The van der Waals surface area contributed by atoms with Gasteiger partial charge >= 0.3 is 0 Å². The third-order valence-corrected chi connectivity index (χ3v) is 4.17. The van der Waals surface area contributed by atoms with Crippen LogP contribution in [0.5, 0.6) is 0 Å². The normalized spacial score (nSPS) is 19.1. The molecule has 1 saturated heterocycles. The van der Waals surface area contributed by atoms with Crippen LogP contribution < -0.4 is 10.6 Å². The smallest absolute Gasteiger partial charge is 0.258 e. The van der Waals surface area contributed by atoms with Crippen molar-refractivity contribution in [2.45, 2.75) is 39.2 Å². The molecule has 1 atom stereocenters. The van der Waals surface area contributed by atoms with E-state index in [1.165, 1.54) is 12.8 Å². The molecule has 1 aromatic rings. The molecule has 0 aliphatic carbocycles. The van der Waals surface area contributed by atoms with E-state index in [2.05, 4.69) is 32.4 Å². The third kappa shape index (κ3) is 4.76. The van der Waals surface area contributed by atoms with Crippen LogP contribution in [0.2, 0.25) is 0 Å². The highest BCUT2D eigenvalue weighted by molar-refractivity contribution is 6.05. The lowest BCUT2D eigenvalue weighted by molar-refractivity contribution is 0.0970. The lowest BCUT2D eigenvalue weighted by Crippen LogP contribution is -2.51. The largest absolute Gasteiger partial charge is 0.339 e. The van der Waals surface area contributed by atoms with Crippen molar-refractivity contribution in [3.8, 4) is 0 Å². The van der Waals surface area contributed by atoms with E-state index in [1.54, 1.807) is 25.4 Å². The molecule has 0 saturated carbocycles. The molecule has 1 aliphatic rings. The van der Waals surface area contributed by atoms with E-state index in [4.69, 9.17) is 0 Å². The van der Waals surface area contributed by atoms with Crippen molar-refractivity contribution in [2.24, 2.45) is 4.99 Å². The Balaban J connectivity index is 2.09. The van der Waals surface area contributed by atoms with E-state index in [1.807, 2.05) is 6.92 Å². The van der Waals surface area contributed by atoms with Crippen LogP contribution in [0.25, 0.3) is 0 Å². The lowest BCUT2D eigenvalue weighted by atomic mass is 10.1. The van der Waals surface area contributed by atoms with Gasteiger partial charge in [0, 0.05) is 43.6 Å². The van der Waals surface area contributed by atoms with Gasteiger partial charge in [-0.2, -0.15) is 0 Å². The minimum Gasteiger partial charge on any atom is -0.339 e. The number of aliphatic imine (C=N–C) groups is 1. The molecule has 2 N–H and O–H groups in total. The summed E-state index contributed by atoms with van der Waals surface area (Å²) in [5, 5.41) is 6.43. The molecule has 2 heterocycles. The second-order valence-corrected chi connectivity index (χ2v) is 5.83. The van der Waals surface area contributed by atoms with Gasteiger partial charge in [0.05, 0.1) is 0 Å². The first kappa shape index (κ1) is 17.4. The number of amides is 1. The number of carbonyl (C=O) groups is 1. The molecule has 6 nitrogen and oxygen atoms in total. The van der Waals surface area contributed by atoms with Crippen molar-refractivity contribution in [1.29, 1.82) is 0 Å². The van der Waals surface area contributed by atoms with Crippen molar-refractivity contribution < 1.29 is 4.79 Å². The van der Waals surface area contributed by atoms with Gasteiger partial charge < -0.3 is 10.2 Å². The van der Waals surface area contributed by atoms with Crippen LogP contribution in [0.15, 0.2) is 23.3 Å². The fourth-order valence-electron chi connectivity index (χ4n) is 2.96. The van der Waals surface area contributed by atoms with Crippen LogP contribution in [0.1, 0.15) is 42.2 Å². The molecular formula is C17H27N5O. The predicted molar refractivity (Wildman–Crippen MR) is 92.7 cm³/mol. The number of nitrogens with zero attached hydrogens (tertiary/aromatic N) is 3. The topological polar surface area (TPSA) is 69.6 Å². The van der Waals surface area contributed by atoms with Gasteiger partial charge in [0.15, 0.2) is 0 Å². The summed E-state index contributed by atoms with van der Waals surface area (Å²) in [4.78, 5) is 23.1. The Kier molecular flexibility index (Phi) is 6.52. The predicted octanol–water partition coefficient (Wildman–Crippen LogP) is 1.57. The first-order valence-corrected chi connectivity index (χ1v) is 8.33. The first-order chi connectivity index (χ1) is 11.2. The Labute approximate surface area is 138 Å². The average Bonchev–Trinajstić information content (AvgIpc) is 2.83. The maximum absolute atomic E-state index is 12.5. The number of rotatable bonds is 3. The van der Waals surface area contributed by atoms with Gasteiger partial charge in [-0.05, 0) is 45.4 Å². The molecule has 1 unspecified atom stereocenters. The van der Waals surface area contributed by atoms with Crippen LogP contribution in [0.4, 0.5) is 0 Å². The standard InChI is InChI=1S/C17H27N5O/c1-4-22(15-7-5-6-9-19-12-15)17(18-3)21-16(23)14-8-10-20-13(2)11-14/h8,10-11,15,19H,4-7,9,12H2,1-3H3,(H,18,21,23). The van der Waals surface area contributed by atoms with E-state index in [0.29, 0.717) is 17.6 Å². The maximum Gasteiger partial charge on any atom is 0.258 e. The van der Waals surface area contributed by atoms with E-state index >= 15 is 0 Å². The summed E-state index contributed by atoms with van der Waals surface area (Å²) in [6, 6.07) is 3.87. The summed E-state index contributed by atoms with van der Waals surface area (Å²) in [6.07, 6.45) is 5.17. The number of nitrogens with one attached hydrogen (secondary N) is 2. The zero-order valence-electron chi connectivity index (χ0n) is 14.3. The third-order valence-electron chi connectivity index (χ3n) is 4.17. The number of pyridine rings is 1. The zero-order chi connectivity index (χ0) is 16.7. The van der Waals surface area contributed by atoms with Crippen molar-refractivity contribution >= 4 is 11.9 Å². The maximum atomic E-state index is 12.5. The molecule has 1 amide bonds. The Morgan fingerprint density at radius 3 is 3.04 bits per heavy atom. The molecule has 1 aromatic heterocycles. The average molecular weight is 317 g/mol. The van der Waals surface area contributed by atoms with Gasteiger partial charge in [0.25, 0.3) is 5.91 Å². The van der Waals surface area contributed by atoms with Crippen LogP contribution in [0.3, 0.4) is 0 Å². The van der Waals surface area contributed by atoms with Crippen LogP contribution in [-0.2, 0) is 0 Å². The molecular weight excluding hydrogens is 290 g/mol. The molecule has 0 aromatic carbocycles. The molecule has 0 spiro atoms. The molecule has 6 heteroatoms. The van der Waals surface area contributed by atoms with Crippen molar-refractivity contribution in [3.05, 3.63) is 29.6 Å². The summed E-state index contributed by atoms with van der Waals surface area (Å²) < 4.78 is 0. The highest BCUT2D eigenvalue weighted by Crippen LogP contribution is 2.12. The van der Waals surface area contributed by atoms with Gasteiger partial charge in [-0.1, -0.05) is 6.42 Å². The van der Waals surface area contributed by atoms with E-state index in [-0.39, 0.29) is 5.91 Å². The molecule has 23 heavy (non-hydrogen) atoms. The molecule has 1 fully saturated rings. The van der Waals surface area contributed by atoms with Gasteiger partial charge in [-0.3, -0.25) is 20.1 Å². The highest BCUT2D eigenvalue weighted by atomic mass is 16.1. The number of guanidine groups is 1. The Morgan fingerprint density at radius 1 is 1.52 bits per heavy atom. The summed E-state index contributed by atoms with van der Waals surface area (Å²) in [5.41, 5.74) is 1.43. The quantitative estimate of drug-likeness (QED) is 0.656. The van der Waals surface area contributed by atoms with Crippen molar-refractivity contribution in [2.75, 3.05) is 26.7 Å². The fraction of sp³-hybridized carbons (Fsp3) is 0.588. The number of hydrogen-bond acceptors (Lipinski definition) is 4. The van der Waals surface area contributed by atoms with Gasteiger partial charge in [0.2, 0.25) is 5.96 Å². The first-order valence-electron chi connectivity index (χ1n) is 8.33. The SMILES string of the molecule is CCN(C(=NC)NC(=O)c1ccnc(C)c1)C1CCCCNC1. The van der Waals surface area contributed by atoms with Crippen LogP contribution >= 0.6 is 0 Å². The number of likely N-dealkylation sites (N-methyl/N-ethyl adjacent to an activating group) is 1. The monoisotopic (exact) mass is 317 g/mol. The zero-order valence-corrected chi connectivity index (χ0v) is 14.3. The Hall–Kier alpha value is -1.95. The number of hydrogen-bond donors (Lipinski definition) is 2. The summed E-state index contributed by atoms with van der Waals surface area (Å²) in [6.45, 7) is 6.78. The molecule has 1 aliphatic heterocycles. The minimum absolute atomic E-state index is 0.142. The second kappa shape index (κ2) is 8.62. The summed E-state index contributed by atoms with van der Waals surface area (Å²) >= 11 is 0. The Morgan fingerprint density at radius 2 is 2.35 bits per heavy atom. The fourth-order valence-corrected chi connectivity index (χ4v) is 2.96. The van der Waals surface area contributed by atoms with Crippen molar-refractivity contribution in [3.63, 3.8) is 0 Å². The minimum atomic E-state index is -0.142. The molecule has 0 bridgehead atoms. The van der Waals surface area contributed by atoms with Crippen LogP contribution in [0, 0.1) is 6.92 Å². The van der Waals surface area contributed by atoms with Crippen LogP contribution in [-0.4, -0.2) is 54.5 Å². The second-order valence-electron chi connectivity index (χ2n) is 5.83. The number of aromatic nitrogens is 1. The van der Waals surface area contributed by atoms with Gasteiger partial charge in [-0.15, -0.1) is 0 Å². The van der Waals surface area contributed by atoms with E-state index in [9.17, 15) is 4.79 Å². The van der Waals surface area contributed by atoms with Gasteiger partial charge in [0.1, 0.15) is 0 Å². The molecule has 126 valence electrons. The summed E-state index contributed by atoms with van der Waals surface area (Å²) in [5.74, 6) is 0.497. The number of aryl methyl sites for hydroxylation is 1. The van der Waals surface area contributed by atoms with Crippen molar-refractivity contribution in [1.82, 2.24) is 20.5 Å². The van der Waals surface area contributed by atoms with Gasteiger partial charge in [-0.25, -0.2) is 0 Å². The molecule has 2 rings (SSSR count). The van der Waals surface area contributed by atoms with E-state index in [0.717, 1.165) is 31.7 Å². The van der Waals surface area contributed by atoms with E-state index < -0.39 is 0 Å². The molecule has 0 radical (unpaired) electrons.